The molecule has 228 valence electrons. The third-order valence-corrected chi connectivity index (χ3v) is 7.70. The average molecular weight is 607 g/mol. The van der Waals surface area contributed by atoms with Gasteiger partial charge >= 0.3 is 0 Å². The number of H-pyrrole nitrogens is 1. The first kappa shape index (κ1) is 29.4. The normalized spacial score (nSPS) is 13.1. The Balaban J connectivity index is 1.07. The fraction of sp³-hybridized carbons (Fsp3) is 0.176. The fourth-order valence-electron chi connectivity index (χ4n) is 4.85. The van der Waals surface area contributed by atoms with Crippen LogP contribution >= 0.6 is 0 Å². The lowest BCUT2D eigenvalue weighted by Gasteiger charge is -2.16. The highest BCUT2D eigenvalue weighted by Gasteiger charge is 2.56. The standard InChI is InChI=1S/C34H31FN6O4/c1-41(2)25-11-3-21(4-12-25)20-37-31(42)28-19-27-29(15-18-36-30(27)40-28)45-26-13-9-24(10-14-26)39-33(44)34(16-17-34)32(43)38-23-7-5-22(35)6-8-23/h3-15,18-19H,16-17,20H2,1-2H3,(H,36,40)(H,37,42)(H,38,43)(H,39,44). The van der Waals surface area contributed by atoms with Crippen molar-refractivity contribution in [2.24, 2.45) is 5.41 Å². The van der Waals surface area contributed by atoms with Crippen molar-refractivity contribution in [3.05, 3.63) is 108 Å². The number of aromatic amines is 1. The Morgan fingerprint density at radius 3 is 2.11 bits per heavy atom. The summed E-state index contributed by atoms with van der Waals surface area (Å²) in [6.45, 7) is 0.377. The van der Waals surface area contributed by atoms with Gasteiger partial charge in [0.1, 0.15) is 34.1 Å². The van der Waals surface area contributed by atoms with Crippen LogP contribution in [0.4, 0.5) is 21.5 Å². The van der Waals surface area contributed by atoms with Crippen molar-refractivity contribution in [2.75, 3.05) is 29.6 Å². The van der Waals surface area contributed by atoms with Crippen molar-refractivity contribution in [3.63, 3.8) is 0 Å². The first-order valence-electron chi connectivity index (χ1n) is 14.4. The van der Waals surface area contributed by atoms with Crippen LogP contribution in [0, 0.1) is 11.2 Å². The third-order valence-electron chi connectivity index (χ3n) is 7.70. The number of hydrogen-bond donors (Lipinski definition) is 4. The molecule has 2 heterocycles. The number of anilines is 3. The Hall–Kier alpha value is -5.71. The summed E-state index contributed by atoms with van der Waals surface area (Å²) >= 11 is 0. The van der Waals surface area contributed by atoms with Gasteiger partial charge in [0.25, 0.3) is 5.91 Å². The number of carbonyl (C=O) groups excluding carboxylic acids is 3. The molecule has 0 radical (unpaired) electrons. The molecule has 0 aliphatic heterocycles. The summed E-state index contributed by atoms with van der Waals surface area (Å²) in [4.78, 5) is 48.1. The van der Waals surface area contributed by atoms with Crippen LogP contribution in [0.15, 0.2) is 91.1 Å². The predicted octanol–water partition coefficient (Wildman–Crippen LogP) is 5.85. The Labute approximate surface area is 258 Å². The van der Waals surface area contributed by atoms with E-state index in [1.807, 2.05) is 43.3 Å². The predicted molar refractivity (Wildman–Crippen MR) is 170 cm³/mol. The van der Waals surface area contributed by atoms with Gasteiger partial charge in [-0.1, -0.05) is 12.1 Å². The zero-order chi connectivity index (χ0) is 31.6. The van der Waals surface area contributed by atoms with Crippen LogP contribution < -0.4 is 25.6 Å². The fourth-order valence-corrected chi connectivity index (χ4v) is 4.85. The number of nitrogens with zero attached hydrogens (tertiary/aromatic N) is 2. The molecule has 1 fully saturated rings. The zero-order valence-corrected chi connectivity index (χ0v) is 24.7. The second-order valence-corrected chi connectivity index (χ2v) is 11.1. The first-order chi connectivity index (χ1) is 21.7. The average Bonchev–Trinajstić information content (AvgIpc) is 3.74. The molecule has 4 N–H and O–H groups in total. The van der Waals surface area contributed by atoms with Gasteiger partial charge in [-0.3, -0.25) is 14.4 Å². The molecule has 0 bridgehead atoms. The quantitative estimate of drug-likeness (QED) is 0.148. The van der Waals surface area contributed by atoms with E-state index in [0.29, 0.717) is 59.0 Å². The van der Waals surface area contributed by atoms with E-state index in [-0.39, 0.29) is 5.91 Å². The van der Waals surface area contributed by atoms with Gasteiger partial charge in [0.05, 0.1) is 5.39 Å². The van der Waals surface area contributed by atoms with Crippen LogP contribution in [-0.4, -0.2) is 41.8 Å². The van der Waals surface area contributed by atoms with Crippen LogP contribution in [0.5, 0.6) is 11.5 Å². The lowest BCUT2D eigenvalue weighted by Crippen LogP contribution is -2.35. The number of fused-ring (bicyclic) bond motifs is 1. The number of hydrogen-bond acceptors (Lipinski definition) is 6. The summed E-state index contributed by atoms with van der Waals surface area (Å²) in [6.07, 6.45) is 2.43. The van der Waals surface area contributed by atoms with E-state index in [1.165, 1.54) is 24.3 Å². The molecule has 3 amide bonds. The molecule has 0 spiro atoms. The number of ether oxygens (including phenoxy) is 1. The maximum Gasteiger partial charge on any atom is 0.268 e. The highest BCUT2D eigenvalue weighted by molar-refractivity contribution is 6.16. The Bertz CT molecular complexity index is 1860. The SMILES string of the molecule is CN(C)c1ccc(CNC(=O)c2cc3c(Oc4ccc(NC(=O)C5(C(=O)Nc6ccc(F)cc6)CC5)cc4)ccnc3[nH]2)cc1. The molecular formula is C34H31FN6O4. The van der Waals surface area contributed by atoms with Crippen molar-refractivity contribution in [1.29, 1.82) is 0 Å². The zero-order valence-electron chi connectivity index (χ0n) is 24.7. The highest BCUT2D eigenvalue weighted by atomic mass is 19.1. The lowest BCUT2D eigenvalue weighted by atomic mass is 10.0. The molecule has 45 heavy (non-hydrogen) atoms. The van der Waals surface area contributed by atoms with Crippen LogP contribution in [0.25, 0.3) is 11.0 Å². The number of benzene rings is 3. The van der Waals surface area contributed by atoms with Gasteiger partial charge in [0.15, 0.2) is 0 Å². The molecule has 0 unspecified atom stereocenters. The van der Waals surface area contributed by atoms with Gasteiger partial charge in [0, 0.05) is 43.9 Å². The topological polar surface area (TPSA) is 128 Å². The number of nitrogens with one attached hydrogen (secondary N) is 4. The second-order valence-electron chi connectivity index (χ2n) is 11.1. The molecule has 1 saturated carbocycles. The van der Waals surface area contributed by atoms with E-state index in [9.17, 15) is 18.8 Å². The van der Waals surface area contributed by atoms with Crippen molar-refractivity contribution in [3.8, 4) is 11.5 Å². The molecule has 3 aromatic carbocycles. The Morgan fingerprint density at radius 2 is 1.51 bits per heavy atom. The number of aromatic nitrogens is 2. The van der Waals surface area contributed by atoms with E-state index < -0.39 is 23.0 Å². The van der Waals surface area contributed by atoms with Crippen molar-refractivity contribution in [1.82, 2.24) is 15.3 Å². The van der Waals surface area contributed by atoms with Crippen molar-refractivity contribution >= 4 is 45.8 Å². The number of halogens is 1. The van der Waals surface area contributed by atoms with E-state index in [1.54, 1.807) is 42.6 Å². The third kappa shape index (κ3) is 6.47. The molecular weight excluding hydrogens is 575 g/mol. The van der Waals surface area contributed by atoms with Crippen molar-refractivity contribution < 1.29 is 23.5 Å². The van der Waals surface area contributed by atoms with Gasteiger partial charge in [0.2, 0.25) is 11.8 Å². The minimum absolute atomic E-state index is 0.268. The second kappa shape index (κ2) is 12.1. The molecule has 10 nitrogen and oxygen atoms in total. The summed E-state index contributed by atoms with van der Waals surface area (Å²) in [5.41, 5.74) is 2.68. The molecule has 6 rings (SSSR count). The molecule has 0 saturated heterocycles. The minimum atomic E-state index is -1.17. The highest BCUT2D eigenvalue weighted by Crippen LogP contribution is 2.47. The number of pyridine rings is 1. The smallest absolute Gasteiger partial charge is 0.268 e. The summed E-state index contributed by atoms with van der Waals surface area (Å²) in [6, 6.07) is 23.5. The Kier molecular flexibility index (Phi) is 7.91. The molecule has 0 atom stereocenters. The van der Waals surface area contributed by atoms with Crippen molar-refractivity contribution in [2.45, 2.75) is 19.4 Å². The Morgan fingerprint density at radius 1 is 0.889 bits per heavy atom. The van der Waals surface area contributed by atoms with E-state index in [0.717, 1.165) is 11.3 Å². The number of rotatable bonds is 10. The van der Waals surface area contributed by atoms with Gasteiger partial charge < -0.3 is 30.6 Å². The molecule has 1 aliphatic carbocycles. The maximum absolute atomic E-state index is 13.2. The van der Waals surface area contributed by atoms with Crippen LogP contribution in [0.1, 0.15) is 28.9 Å². The van der Waals surface area contributed by atoms with Gasteiger partial charge in [-0.15, -0.1) is 0 Å². The van der Waals surface area contributed by atoms with Gasteiger partial charge in [-0.2, -0.15) is 0 Å². The van der Waals surface area contributed by atoms with Gasteiger partial charge in [-0.25, -0.2) is 9.37 Å². The first-order valence-corrected chi connectivity index (χ1v) is 14.4. The van der Waals surface area contributed by atoms with Crippen LogP contribution in [-0.2, 0) is 16.1 Å². The van der Waals surface area contributed by atoms with E-state index in [2.05, 4.69) is 25.9 Å². The summed E-state index contributed by atoms with van der Waals surface area (Å²) in [7, 11) is 3.95. The molecule has 5 aromatic rings. The number of carbonyl (C=O) groups is 3. The molecule has 11 heteroatoms. The minimum Gasteiger partial charge on any atom is -0.457 e. The summed E-state index contributed by atoms with van der Waals surface area (Å²) in [5, 5.41) is 9.07. The molecule has 2 aromatic heterocycles. The lowest BCUT2D eigenvalue weighted by molar-refractivity contribution is -0.131. The monoisotopic (exact) mass is 606 g/mol. The van der Waals surface area contributed by atoms with Crippen LogP contribution in [0.3, 0.4) is 0 Å². The van der Waals surface area contributed by atoms with Gasteiger partial charge in [-0.05, 0) is 91.2 Å². The largest absolute Gasteiger partial charge is 0.457 e. The van der Waals surface area contributed by atoms with Crippen LogP contribution in [0.2, 0.25) is 0 Å². The summed E-state index contributed by atoms with van der Waals surface area (Å²) < 4.78 is 19.3. The summed E-state index contributed by atoms with van der Waals surface area (Å²) in [5.74, 6) is -0.506. The number of amides is 3. The molecule has 1 aliphatic rings. The van der Waals surface area contributed by atoms with E-state index in [4.69, 9.17) is 4.74 Å². The van der Waals surface area contributed by atoms with E-state index >= 15 is 0 Å². The maximum atomic E-state index is 13.2.